The number of anilines is 1. The van der Waals surface area contributed by atoms with Crippen molar-refractivity contribution in [3.8, 4) is 5.75 Å². The van der Waals surface area contributed by atoms with Crippen LogP contribution in [0.5, 0.6) is 5.75 Å². The maximum absolute atomic E-state index is 12.5. The van der Waals surface area contributed by atoms with Gasteiger partial charge in [0.1, 0.15) is 5.75 Å². The van der Waals surface area contributed by atoms with Gasteiger partial charge in [-0.25, -0.2) is 5.43 Å². The van der Waals surface area contributed by atoms with Gasteiger partial charge in [0.2, 0.25) is 0 Å². The molecule has 1 unspecified atom stereocenters. The van der Waals surface area contributed by atoms with Gasteiger partial charge in [0.25, 0.3) is 5.91 Å². The summed E-state index contributed by atoms with van der Waals surface area (Å²) in [5.74, 6) is 0.601. The molecule has 30 heavy (non-hydrogen) atoms. The lowest BCUT2D eigenvalue weighted by Crippen LogP contribution is -2.48. The van der Waals surface area contributed by atoms with Crippen molar-refractivity contribution in [1.82, 2.24) is 5.43 Å². The number of aryl methyl sites for hydroxylation is 1. The molecule has 1 N–H and O–H groups in total. The molecule has 0 spiro atoms. The van der Waals surface area contributed by atoms with E-state index < -0.39 is 0 Å². The highest BCUT2D eigenvalue weighted by atomic mass is 35.5. The lowest BCUT2D eigenvalue weighted by Gasteiger charge is -2.47. The summed E-state index contributed by atoms with van der Waals surface area (Å²) in [6.07, 6.45) is 2.67. The minimum Gasteiger partial charge on any atom is -0.496 e. The van der Waals surface area contributed by atoms with E-state index in [0.717, 1.165) is 24.1 Å². The molecule has 0 bridgehead atoms. The molecule has 2 aromatic carbocycles. The van der Waals surface area contributed by atoms with Crippen LogP contribution in [0.1, 0.15) is 67.1 Å². The van der Waals surface area contributed by atoms with E-state index in [2.05, 4.69) is 49.2 Å². The minimum absolute atomic E-state index is 0.0845. The van der Waals surface area contributed by atoms with Crippen LogP contribution in [-0.2, 0) is 0 Å². The second-order valence-corrected chi connectivity index (χ2v) is 8.90. The number of fused-ring (bicyclic) bond motifs is 1. The fourth-order valence-electron chi connectivity index (χ4n) is 4.43. The van der Waals surface area contributed by atoms with Crippen LogP contribution in [0.4, 0.5) is 5.69 Å². The first-order chi connectivity index (χ1) is 14.2. The summed E-state index contributed by atoms with van der Waals surface area (Å²) < 4.78 is 5.30. The van der Waals surface area contributed by atoms with Crippen molar-refractivity contribution in [2.45, 2.75) is 52.5 Å². The normalized spacial score (nSPS) is 17.7. The third-order valence-electron chi connectivity index (χ3n) is 5.79. The van der Waals surface area contributed by atoms with Gasteiger partial charge in [0, 0.05) is 23.3 Å². The highest BCUT2D eigenvalue weighted by Gasteiger charge is 2.35. The molecule has 1 aliphatic rings. The standard InChI is InChI=1S/C24H30ClN3O2/c1-7-28-21-12-20(25)17(11-19(21)16(3)13-24(28,4)5)14-26-27-23(29)18-9-8-15(2)10-22(18)30-6/h8-12,14,16H,7,13H2,1-6H3,(H,27,29)/b26-14-. The number of hydrazone groups is 1. The van der Waals surface area contributed by atoms with E-state index in [9.17, 15) is 4.79 Å². The Bertz CT molecular complexity index is 985. The van der Waals surface area contributed by atoms with Crippen molar-refractivity contribution in [2.75, 3.05) is 18.6 Å². The summed E-state index contributed by atoms with van der Waals surface area (Å²) in [6, 6.07) is 9.52. The summed E-state index contributed by atoms with van der Waals surface area (Å²) >= 11 is 6.57. The van der Waals surface area contributed by atoms with Crippen molar-refractivity contribution in [1.29, 1.82) is 0 Å². The van der Waals surface area contributed by atoms with E-state index in [4.69, 9.17) is 16.3 Å². The molecule has 1 heterocycles. The third kappa shape index (κ3) is 4.31. The smallest absolute Gasteiger partial charge is 0.275 e. The fraction of sp³-hybridized carbons (Fsp3) is 0.417. The third-order valence-corrected chi connectivity index (χ3v) is 6.12. The van der Waals surface area contributed by atoms with Crippen LogP contribution < -0.4 is 15.1 Å². The van der Waals surface area contributed by atoms with Crippen molar-refractivity contribution < 1.29 is 9.53 Å². The largest absolute Gasteiger partial charge is 0.496 e. The Kier molecular flexibility index (Phi) is 6.41. The Morgan fingerprint density at radius 2 is 2.10 bits per heavy atom. The molecule has 6 heteroatoms. The van der Waals surface area contributed by atoms with Crippen molar-refractivity contribution in [3.63, 3.8) is 0 Å². The van der Waals surface area contributed by atoms with Crippen LogP contribution >= 0.6 is 11.6 Å². The highest BCUT2D eigenvalue weighted by molar-refractivity contribution is 6.33. The molecule has 1 aliphatic heterocycles. The first kappa shape index (κ1) is 22.2. The van der Waals surface area contributed by atoms with Crippen molar-refractivity contribution >= 4 is 29.4 Å². The molecule has 5 nitrogen and oxygen atoms in total. The number of rotatable bonds is 5. The molecule has 160 valence electrons. The Labute approximate surface area is 184 Å². The van der Waals surface area contributed by atoms with Gasteiger partial charge in [-0.05, 0) is 75.4 Å². The van der Waals surface area contributed by atoms with Crippen LogP contribution in [0.3, 0.4) is 0 Å². The summed E-state index contributed by atoms with van der Waals surface area (Å²) in [5.41, 5.74) is 7.34. The first-order valence-electron chi connectivity index (χ1n) is 10.3. The van der Waals surface area contributed by atoms with E-state index in [-0.39, 0.29) is 11.4 Å². The number of amides is 1. The second kappa shape index (κ2) is 8.68. The molecule has 1 atom stereocenters. The van der Waals surface area contributed by atoms with Gasteiger partial charge < -0.3 is 9.64 Å². The zero-order valence-electron chi connectivity index (χ0n) is 18.5. The monoisotopic (exact) mass is 427 g/mol. The number of hydrogen-bond acceptors (Lipinski definition) is 4. The average molecular weight is 428 g/mol. The molecule has 0 aromatic heterocycles. The van der Waals surface area contributed by atoms with Crippen LogP contribution in [-0.4, -0.2) is 31.3 Å². The van der Waals surface area contributed by atoms with Crippen LogP contribution in [0, 0.1) is 6.92 Å². The topological polar surface area (TPSA) is 53.9 Å². The summed E-state index contributed by atoms with van der Waals surface area (Å²) in [5, 5.41) is 4.75. The predicted octanol–water partition coefficient (Wildman–Crippen LogP) is 5.53. The minimum atomic E-state index is -0.329. The molecule has 0 aliphatic carbocycles. The summed E-state index contributed by atoms with van der Waals surface area (Å²) in [4.78, 5) is 14.9. The highest BCUT2D eigenvalue weighted by Crippen LogP contribution is 2.44. The number of hydrogen-bond donors (Lipinski definition) is 1. The molecule has 2 aromatic rings. The molecule has 0 saturated heterocycles. The SMILES string of the molecule is CCN1c2cc(Cl)c(/C=N\NC(=O)c3ccc(C)cc3OC)cc2C(C)CC1(C)C. The second-order valence-electron chi connectivity index (χ2n) is 8.50. The average Bonchev–Trinajstić information content (AvgIpc) is 2.68. The molecule has 1 amide bonds. The number of halogens is 1. The lowest BCUT2D eigenvalue weighted by molar-refractivity contribution is 0.0952. The van der Waals surface area contributed by atoms with E-state index in [1.807, 2.05) is 25.1 Å². The number of nitrogens with one attached hydrogen (secondary N) is 1. The van der Waals surface area contributed by atoms with E-state index in [1.54, 1.807) is 19.4 Å². The molecule has 0 fully saturated rings. The van der Waals surface area contributed by atoms with Crippen molar-refractivity contribution in [3.05, 3.63) is 57.6 Å². The Morgan fingerprint density at radius 3 is 2.77 bits per heavy atom. The van der Waals surface area contributed by atoms with E-state index in [0.29, 0.717) is 22.3 Å². The molecule has 3 rings (SSSR count). The van der Waals surface area contributed by atoms with Gasteiger partial charge in [-0.2, -0.15) is 5.10 Å². The van der Waals surface area contributed by atoms with Gasteiger partial charge >= 0.3 is 0 Å². The number of carbonyl (C=O) groups excluding carboxylic acids is 1. The van der Waals surface area contributed by atoms with Gasteiger partial charge in [-0.15, -0.1) is 0 Å². The predicted molar refractivity (Wildman–Crippen MR) is 124 cm³/mol. The maximum Gasteiger partial charge on any atom is 0.275 e. The van der Waals surface area contributed by atoms with E-state index in [1.165, 1.54) is 11.3 Å². The molecular formula is C24H30ClN3O2. The van der Waals surface area contributed by atoms with Gasteiger partial charge in [0.15, 0.2) is 0 Å². The fourth-order valence-corrected chi connectivity index (χ4v) is 4.63. The summed E-state index contributed by atoms with van der Waals surface area (Å²) in [7, 11) is 1.55. The summed E-state index contributed by atoms with van der Waals surface area (Å²) in [6.45, 7) is 11.8. The van der Waals surface area contributed by atoms with Gasteiger partial charge in [-0.1, -0.05) is 24.6 Å². The van der Waals surface area contributed by atoms with Gasteiger partial charge in [-0.3, -0.25) is 4.79 Å². The zero-order valence-corrected chi connectivity index (χ0v) is 19.3. The number of benzene rings is 2. The van der Waals surface area contributed by atoms with Crippen LogP contribution in [0.2, 0.25) is 5.02 Å². The van der Waals surface area contributed by atoms with Crippen LogP contribution in [0.25, 0.3) is 0 Å². The number of nitrogens with zero attached hydrogens (tertiary/aromatic N) is 2. The Hall–Kier alpha value is -2.53. The first-order valence-corrected chi connectivity index (χ1v) is 10.6. The number of carbonyl (C=O) groups is 1. The Morgan fingerprint density at radius 1 is 1.37 bits per heavy atom. The number of methoxy groups -OCH3 is 1. The van der Waals surface area contributed by atoms with E-state index >= 15 is 0 Å². The molecule has 0 radical (unpaired) electrons. The molecular weight excluding hydrogens is 398 g/mol. The number of ether oxygens (including phenoxy) is 1. The van der Waals surface area contributed by atoms with Crippen LogP contribution in [0.15, 0.2) is 35.4 Å². The lowest BCUT2D eigenvalue weighted by atomic mass is 9.79. The maximum atomic E-state index is 12.5. The quantitative estimate of drug-likeness (QED) is 0.504. The molecule has 0 saturated carbocycles. The van der Waals surface area contributed by atoms with Gasteiger partial charge in [0.05, 0.1) is 23.9 Å². The van der Waals surface area contributed by atoms with Crippen molar-refractivity contribution in [2.24, 2.45) is 5.10 Å². The Balaban J connectivity index is 1.84. The zero-order chi connectivity index (χ0) is 22.1.